The molecule has 1 aromatic carbocycles. The summed E-state index contributed by atoms with van der Waals surface area (Å²) in [5.41, 5.74) is 1.40. The molecule has 0 aliphatic carbocycles. The van der Waals surface area contributed by atoms with Crippen molar-refractivity contribution in [1.29, 1.82) is 0 Å². The maximum atomic E-state index is 13.2. The summed E-state index contributed by atoms with van der Waals surface area (Å²) in [5.74, 6) is -0.226. The van der Waals surface area contributed by atoms with E-state index in [9.17, 15) is 13.2 Å². The van der Waals surface area contributed by atoms with Crippen molar-refractivity contribution in [3.8, 4) is 5.69 Å². The van der Waals surface area contributed by atoms with E-state index < -0.39 is 10.0 Å². The van der Waals surface area contributed by atoms with Crippen molar-refractivity contribution in [3.05, 3.63) is 54.9 Å². The maximum absolute atomic E-state index is 13.2. The van der Waals surface area contributed by atoms with E-state index in [4.69, 9.17) is 0 Å². The van der Waals surface area contributed by atoms with E-state index in [-0.39, 0.29) is 16.8 Å². The van der Waals surface area contributed by atoms with Crippen molar-refractivity contribution in [2.45, 2.75) is 37.1 Å². The van der Waals surface area contributed by atoms with Gasteiger partial charge >= 0.3 is 0 Å². The molecule has 1 N–H and O–H groups in total. The summed E-state index contributed by atoms with van der Waals surface area (Å²) in [6, 6.07) is 9.40. The first-order chi connectivity index (χ1) is 12.9. The number of sulfonamides is 1. The maximum Gasteiger partial charge on any atom is 0.246 e. The number of benzene rings is 1. The fourth-order valence-corrected chi connectivity index (χ4v) is 4.96. The molecule has 1 aromatic heterocycles. The minimum atomic E-state index is -3.64. The highest BCUT2D eigenvalue weighted by atomic mass is 32.2. The average molecular weight is 388 g/mol. The molecular formula is C19H24N4O3S. The first-order valence-corrected chi connectivity index (χ1v) is 10.4. The molecular weight excluding hydrogens is 364 g/mol. The Balaban J connectivity index is 1.80. The Morgan fingerprint density at radius 1 is 1.26 bits per heavy atom. The molecule has 1 aliphatic rings. The third kappa shape index (κ3) is 4.12. The van der Waals surface area contributed by atoms with Gasteiger partial charge in [-0.25, -0.2) is 13.1 Å². The molecule has 0 bridgehead atoms. The molecule has 2 aromatic rings. The SMILES string of the molecule is C=CC(=O)NC1CCCN(S(=O)(=O)c2cnn(-c3ccccc3)c2C)CC1. The summed E-state index contributed by atoms with van der Waals surface area (Å²) in [7, 11) is -3.64. The number of nitrogens with zero attached hydrogens (tertiary/aromatic N) is 3. The lowest BCUT2D eigenvalue weighted by molar-refractivity contribution is -0.117. The van der Waals surface area contributed by atoms with Crippen LogP contribution in [0.25, 0.3) is 5.69 Å². The van der Waals surface area contributed by atoms with Gasteiger partial charge in [0.1, 0.15) is 4.90 Å². The summed E-state index contributed by atoms with van der Waals surface area (Å²) in [6.07, 6.45) is 4.66. The van der Waals surface area contributed by atoms with Crippen LogP contribution < -0.4 is 5.32 Å². The van der Waals surface area contributed by atoms with E-state index in [0.717, 1.165) is 12.1 Å². The van der Waals surface area contributed by atoms with Crippen LogP contribution in [-0.4, -0.2) is 47.5 Å². The fraction of sp³-hybridized carbons (Fsp3) is 0.368. The number of hydrogen-bond acceptors (Lipinski definition) is 4. The number of nitrogens with one attached hydrogen (secondary N) is 1. The van der Waals surface area contributed by atoms with Crippen LogP contribution in [0.5, 0.6) is 0 Å². The number of para-hydroxylation sites is 1. The van der Waals surface area contributed by atoms with Gasteiger partial charge in [0.25, 0.3) is 0 Å². The van der Waals surface area contributed by atoms with Crippen molar-refractivity contribution in [3.63, 3.8) is 0 Å². The standard InChI is InChI=1S/C19H24N4O3S/c1-3-19(24)21-16-8-7-12-22(13-11-16)27(25,26)18-14-20-23(15(18)2)17-9-5-4-6-10-17/h3-6,9-10,14,16H,1,7-8,11-13H2,2H3,(H,21,24). The molecule has 1 atom stereocenters. The van der Waals surface area contributed by atoms with E-state index in [1.807, 2.05) is 30.3 Å². The lowest BCUT2D eigenvalue weighted by Gasteiger charge is -2.20. The number of carbonyl (C=O) groups excluding carboxylic acids is 1. The second-order valence-electron chi connectivity index (χ2n) is 6.59. The van der Waals surface area contributed by atoms with Crippen LogP contribution in [0.3, 0.4) is 0 Å². The lowest BCUT2D eigenvalue weighted by Crippen LogP contribution is -2.36. The minimum absolute atomic E-state index is 0.0381. The molecule has 1 fully saturated rings. The van der Waals surface area contributed by atoms with Crippen LogP contribution in [0.2, 0.25) is 0 Å². The molecule has 7 nitrogen and oxygen atoms in total. The predicted octanol–water partition coefficient (Wildman–Crippen LogP) is 2.03. The molecule has 1 amide bonds. The normalized spacial score (nSPS) is 18.6. The number of aromatic nitrogens is 2. The van der Waals surface area contributed by atoms with Gasteiger partial charge in [0.2, 0.25) is 15.9 Å². The Morgan fingerprint density at radius 2 is 2.00 bits per heavy atom. The van der Waals surface area contributed by atoms with Gasteiger partial charge in [-0.15, -0.1) is 0 Å². The third-order valence-corrected chi connectivity index (χ3v) is 6.80. The molecule has 2 heterocycles. The summed E-state index contributed by atoms with van der Waals surface area (Å²) in [6.45, 7) is 6.01. The van der Waals surface area contributed by atoms with Crippen LogP contribution in [-0.2, 0) is 14.8 Å². The topological polar surface area (TPSA) is 84.3 Å². The minimum Gasteiger partial charge on any atom is -0.350 e. The predicted molar refractivity (Wildman–Crippen MR) is 103 cm³/mol. The van der Waals surface area contributed by atoms with Gasteiger partial charge in [-0.05, 0) is 44.4 Å². The van der Waals surface area contributed by atoms with Gasteiger partial charge in [-0.1, -0.05) is 24.8 Å². The zero-order valence-corrected chi connectivity index (χ0v) is 16.2. The number of carbonyl (C=O) groups is 1. The number of hydrogen-bond donors (Lipinski definition) is 1. The molecule has 3 rings (SSSR count). The molecule has 1 aliphatic heterocycles. The van der Waals surface area contributed by atoms with Crippen molar-refractivity contribution in [2.24, 2.45) is 0 Å². The highest BCUT2D eigenvalue weighted by Crippen LogP contribution is 2.24. The van der Waals surface area contributed by atoms with Gasteiger partial charge in [0.15, 0.2) is 0 Å². The zero-order valence-electron chi connectivity index (χ0n) is 15.3. The molecule has 144 valence electrons. The van der Waals surface area contributed by atoms with Gasteiger partial charge in [0.05, 0.1) is 17.6 Å². The monoisotopic (exact) mass is 388 g/mol. The number of rotatable bonds is 5. The molecule has 27 heavy (non-hydrogen) atoms. The van der Waals surface area contributed by atoms with E-state index in [1.165, 1.54) is 16.6 Å². The Hall–Kier alpha value is -2.45. The summed E-state index contributed by atoms with van der Waals surface area (Å²) >= 11 is 0. The second kappa shape index (κ2) is 8.06. The van der Waals surface area contributed by atoms with Crippen molar-refractivity contribution >= 4 is 15.9 Å². The summed E-state index contributed by atoms with van der Waals surface area (Å²) < 4.78 is 29.4. The Kier molecular flexibility index (Phi) is 5.76. The van der Waals surface area contributed by atoms with Crippen LogP contribution in [0.1, 0.15) is 25.0 Å². The van der Waals surface area contributed by atoms with E-state index in [0.29, 0.717) is 31.6 Å². The Morgan fingerprint density at radius 3 is 2.70 bits per heavy atom. The molecule has 1 saturated heterocycles. The Labute approximate surface area is 159 Å². The summed E-state index contributed by atoms with van der Waals surface area (Å²) in [4.78, 5) is 11.7. The molecule has 1 unspecified atom stereocenters. The average Bonchev–Trinajstić information content (AvgIpc) is 2.90. The van der Waals surface area contributed by atoms with Crippen molar-refractivity contribution in [1.82, 2.24) is 19.4 Å². The molecule has 0 radical (unpaired) electrons. The van der Waals surface area contributed by atoms with Gasteiger partial charge in [-0.3, -0.25) is 4.79 Å². The fourth-order valence-electron chi connectivity index (χ4n) is 3.33. The lowest BCUT2D eigenvalue weighted by atomic mass is 10.1. The van der Waals surface area contributed by atoms with E-state index >= 15 is 0 Å². The third-order valence-electron chi connectivity index (χ3n) is 4.80. The molecule has 0 saturated carbocycles. The first-order valence-electron chi connectivity index (χ1n) is 8.96. The van der Waals surface area contributed by atoms with Crippen molar-refractivity contribution < 1.29 is 13.2 Å². The van der Waals surface area contributed by atoms with Crippen LogP contribution >= 0.6 is 0 Å². The molecule has 0 spiro atoms. The first kappa shape index (κ1) is 19.3. The second-order valence-corrected chi connectivity index (χ2v) is 8.49. The van der Waals surface area contributed by atoms with Gasteiger partial charge in [0, 0.05) is 19.1 Å². The highest BCUT2D eigenvalue weighted by molar-refractivity contribution is 7.89. The highest BCUT2D eigenvalue weighted by Gasteiger charge is 2.31. The van der Waals surface area contributed by atoms with Gasteiger partial charge < -0.3 is 5.32 Å². The largest absolute Gasteiger partial charge is 0.350 e. The Bertz CT molecular complexity index is 922. The van der Waals surface area contributed by atoms with Crippen LogP contribution in [0.4, 0.5) is 0 Å². The van der Waals surface area contributed by atoms with Crippen LogP contribution in [0, 0.1) is 6.92 Å². The molecule has 8 heteroatoms. The smallest absolute Gasteiger partial charge is 0.246 e. The van der Waals surface area contributed by atoms with Crippen LogP contribution in [0.15, 0.2) is 54.1 Å². The summed E-state index contributed by atoms with van der Waals surface area (Å²) in [5, 5.41) is 7.14. The quantitative estimate of drug-likeness (QED) is 0.795. The zero-order chi connectivity index (χ0) is 19.4. The number of amides is 1. The van der Waals surface area contributed by atoms with E-state index in [2.05, 4.69) is 17.0 Å². The van der Waals surface area contributed by atoms with Gasteiger partial charge in [-0.2, -0.15) is 9.40 Å². The van der Waals surface area contributed by atoms with E-state index in [1.54, 1.807) is 11.6 Å². The van der Waals surface area contributed by atoms with Crippen molar-refractivity contribution in [2.75, 3.05) is 13.1 Å².